The van der Waals surface area contributed by atoms with Gasteiger partial charge in [-0.05, 0) is 32.6 Å². The quantitative estimate of drug-likeness (QED) is 0.379. The van der Waals surface area contributed by atoms with Gasteiger partial charge in [0.2, 0.25) is 0 Å². The summed E-state index contributed by atoms with van der Waals surface area (Å²) in [5, 5.41) is 22.5. The predicted octanol–water partition coefficient (Wildman–Crippen LogP) is 3.81. The van der Waals surface area contributed by atoms with E-state index >= 15 is 0 Å². The van der Waals surface area contributed by atoms with Gasteiger partial charge in [-0.2, -0.15) is 10.5 Å². The molecule has 4 heteroatoms. The van der Waals surface area contributed by atoms with E-state index in [1.54, 1.807) is 13.0 Å². The minimum absolute atomic E-state index is 0.0155. The van der Waals surface area contributed by atoms with Crippen LogP contribution in [0.25, 0.3) is 0 Å². The molecular weight excluding hydrogens is 238 g/mol. The van der Waals surface area contributed by atoms with Gasteiger partial charge in [-0.25, -0.2) is 0 Å². The van der Waals surface area contributed by atoms with Crippen LogP contribution < -0.4 is 0 Å². The Labute approximate surface area is 116 Å². The molecular formula is C15H23N3O. The number of nitrogens with zero attached hydrogens (tertiary/aromatic N) is 3. The molecule has 1 unspecified atom stereocenters. The molecule has 0 heterocycles. The van der Waals surface area contributed by atoms with E-state index in [1.807, 2.05) is 6.92 Å². The minimum atomic E-state index is -1.04. The Hall–Kier alpha value is -1.81. The molecule has 0 N–H and O–H groups in total. The van der Waals surface area contributed by atoms with E-state index in [-0.39, 0.29) is 6.10 Å². The topological polar surface area (TPSA) is 69.2 Å². The number of hydrogen-bond acceptors (Lipinski definition) is 4. The molecule has 4 nitrogen and oxygen atoms in total. The maximum absolute atomic E-state index is 9.22. The molecule has 0 aromatic heterocycles. The van der Waals surface area contributed by atoms with Crippen LogP contribution in [0.15, 0.2) is 17.8 Å². The Morgan fingerprint density at radius 3 is 2.37 bits per heavy atom. The van der Waals surface area contributed by atoms with Crippen molar-refractivity contribution >= 4 is 5.71 Å². The van der Waals surface area contributed by atoms with E-state index in [1.165, 1.54) is 0 Å². The molecule has 0 rings (SSSR count). The third-order valence-corrected chi connectivity index (χ3v) is 3.07. The van der Waals surface area contributed by atoms with Crippen LogP contribution in [0.4, 0.5) is 0 Å². The van der Waals surface area contributed by atoms with Gasteiger partial charge in [-0.1, -0.05) is 25.1 Å². The monoisotopic (exact) mass is 261 g/mol. The van der Waals surface area contributed by atoms with Crippen molar-refractivity contribution in [3.8, 4) is 12.1 Å². The molecule has 0 aromatic carbocycles. The summed E-state index contributed by atoms with van der Waals surface area (Å²) >= 11 is 0. The largest absolute Gasteiger partial charge is 0.393 e. The van der Waals surface area contributed by atoms with Crippen LogP contribution in [0.5, 0.6) is 0 Å². The van der Waals surface area contributed by atoms with Gasteiger partial charge < -0.3 is 4.84 Å². The number of allylic oxidation sites excluding steroid dienone is 1. The second-order valence-corrected chi connectivity index (χ2v) is 5.19. The van der Waals surface area contributed by atoms with Gasteiger partial charge in [0.1, 0.15) is 11.5 Å². The van der Waals surface area contributed by atoms with Gasteiger partial charge in [-0.3, -0.25) is 0 Å². The van der Waals surface area contributed by atoms with E-state index in [2.05, 4.69) is 37.7 Å². The molecule has 1 atom stereocenters. The van der Waals surface area contributed by atoms with E-state index in [4.69, 9.17) is 4.84 Å². The molecule has 0 aliphatic heterocycles. The van der Waals surface area contributed by atoms with Crippen LogP contribution in [0.1, 0.15) is 47.0 Å². The van der Waals surface area contributed by atoms with E-state index in [0.717, 1.165) is 0 Å². The van der Waals surface area contributed by atoms with Gasteiger partial charge in [0, 0.05) is 6.42 Å². The zero-order valence-electron chi connectivity index (χ0n) is 12.3. The average molecular weight is 261 g/mol. The lowest BCUT2D eigenvalue weighted by Gasteiger charge is -2.18. The molecule has 0 aliphatic rings. The Bertz CT molecular complexity index is 385. The summed E-state index contributed by atoms with van der Waals surface area (Å²) in [4.78, 5) is 5.35. The van der Waals surface area contributed by atoms with Gasteiger partial charge in [-0.15, -0.1) is 6.58 Å². The van der Waals surface area contributed by atoms with Gasteiger partial charge in [0.25, 0.3) is 0 Å². The average Bonchev–Trinajstić information content (AvgIpc) is 2.40. The summed E-state index contributed by atoms with van der Waals surface area (Å²) in [6.07, 6.45) is 3.14. The highest BCUT2D eigenvalue weighted by atomic mass is 16.6. The van der Waals surface area contributed by atoms with Gasteiger partial charge in [0.15, 0.2) is 0 Å². The van der Waals surface area contributed by atoms with Crippen molar-refractivity contribution in [3.63, 3.8) is 0 Å². The van der Waals surface area contributed by atoms with Crippen molar-refractivity contribution in [1.82, 2.24) is 0 Å². The second kappa shape index (κ2) is 8.32. The van der Waals surface area contributed by atoms with Crippen molar-refractivity contribution in [2.24, 2.45) is 16.5 Å². The molecule has 19 heavy (non-hydrogen) atoms. The Morgan fingerprint density at radius 2 is 1.95 bits per heavy atom. The molecule has 0 saturated carbocycles. The van der Waals surface area contributed by atoms with E-state index < -0.39 is 5.41 Å². The van der Waals surface area contributed by atoms with Crippen LogP contribution in [-0.4, -0.2) is 11.8 Å². The number of hydrogen-bond donors (Lipinski definition) is 0. The lowest BCUT2D eigenvalue weighted by atomic mass is 9.81. The summed E-state index contributed by atoms with van der Waals surface area (Å²) in [6, 6.07) is 4.19. The number of oxime groups is 1. The van der Waals surface area contributed by atoms with Crippen LogP contribution in [0.2, 0.25) is 0 Å². The SMILES string of the molecule is C=CCCC(C#N)(C#N)CC(C)=NOC(C)C(C)C. The van der Waals surface area contributed by atoms with Gasteiger partial charge in [0.05, 0.1) is 17.9 Å². The standard InChI is InChI=1S/C15H23N3O/c1-6-7-8-15(10-16,11-17)9-13(4)18-19-14(5)12(2)3/h6,12,14H,1,7-9H2,2-5H3. The summed E-state index contributed by atoms with van der Waals surface area (Å²) in [6.45, 7) is 11.4. The summed E-state index contributed by atoms with van der Waals surface area (Å²) in [5.74, 6) is 0.369. The molecule has 0 amide bonds. The maximum atomic E-state index is 9.22. The Balaban J connectivity index is 4.69. The summed E-state index contributed by atoms with van der Waals surface area (Å²) in [5.41, 5.74) is -0.369. The second-order valence-electron chi connectivity index (χ2n) is 5.19. The predicted molar refractivity (Wildman–Crippen MR) is 76.2 cm³/mol. The Morgan fingerprint density at radius 1 is 1.37 bits per heavy atom. The zero-order chi connectivity index (χ0) is 14.9. The summed E-state index contributed by atoms with van der Waals surface area (Å²) < 4.78 is 0. The molecule has 0 fully saturated rings. The normalized spacial score (nSPS) is 13.5. The highest BCUT2D eigenvalue weighted by molar-refractivity contribution is 5.82. The fourth-order valence-electron chi connectivity index (χ4n) is 1.42. The molecule has 104 valence electrons. The number of rotatable bonds is 8. The summed E-state index contributed by atoms with van der Waals surface area (Å²) in [7, 11) is 0. The molecule has 0 aromatic rings. The third kappa shape index (κ3) is 6.06. The Kier molecular flexibility index (Phi) is 7.53. The molecule has 0 aliphatic carbocycles. The van der Waals surface area contributed by atoms with Crippen molar-refractivity contribution in [2.45, 2.75) is 53.1 Å². The fraction of sp³-hybridized carbons (Fsp3) is 0.667. The number of nitriles is 2. The zero-order valence-corrected chi connectivity index (χ0v) is 12.3. The van der Waals surface area contributed by atoms with Crippen LogP contribution in [0, 0.1) is 34.0 Å². The smallest absolute Gasteiger partial charge is 0.149 e. The first-order valence-corrected chi connectivity index (χ1v) is 6.53. The molecule has 0 saturated heterocycles. The van der Waals surface area contributed by atoms with Gasteiger partial charge >= 0.3 is 0 Å². The van der Waals surface area contributed by atoms with Crippen LogP contribution >= 0.6 is 0 Å². The maximum Gasteiger partial charge on any atom is 0.149 e. The van der Waals surface area contributed by atoms with E-state index in [0.29, 0.717) is 30.9 Å². The lowest BCUT2D eigenvalue weighted by molar-refractivity contribution is 0.0396. The molecule has 0 spiro atoms. The van der Waals surface area contributed by atoms with Crippen molar-refractivity contribution < 1.29 is 4.84 Å². The fourth-order valence-corrected chi connectivity index (χ4v) is 1.42. The van der Waals surface area contributed by atoms with E-state index in [9.17, 15) is 10.5 Å². The first-order chi connectivity index (χ1) is 8.90. The first-order valence-electron chi connectivity index (χ1n) is 6.53. The molecule has 0 radical (unpaired) electrons. The van der Waals surface area contributed by atoms with Crippen molar-refractivity contribution in [3.05, 3.63) is 12.7 Å². The highest BCUT2D eigenvalue weighted by Crippen LogP contribution is 2.27. The lowest BCUT2D eigenvalue weighted by Crippen LogP contribution is -2.20. The van der Waals surface area contributed by atoms with Crippen molar-refractivity contribution in [2.75, 3.05) is 0 Å². The highest BCUT2D eigenvalue weighted by Gasteiger charge is 2.30. The van der Waals surface area contributed by atoms with Crippen LogP contribution in [0.3, 0.4) is 0 Å². The van der Waals surface area contributed by atoms with Crippen molar-refractivity contribution in [1.29, 1.82) is 10.5 Å². The molecule has 0 bridgehead atoms. The third-order valence-electron chi connectivity index (χ3n) is 3.07. The first kappa shape index (κ1) is 17.2. The van der Waals surface area contributed by atoms with Crippen LogP contribution in [-0.2, 0) is 4.84 Å². The minimum Gasteiger partial charge on any atom is -0.393 e.